The molecule has 0 radical (unpaired) electrons. The van der Waals surface area contributed by atoms with Crippen LogP contribution in [0.2, 0.25) is 0 Å². The lowest BCUT2D eigenvalue weighted by molar-refractivity contribution is -0.385. The van der Waals surface area contributed by atoms with Gasteiger partial charge in [0, 0.05) is 12.7 Å². The van der Waals surface area contributed by atoms with Gasteiger partial charge in [-0.2, -0.15) is 0 Å². The second-order valence-corrected chi connectivity index (χ2v) is 4.11. The van der Waals surface area contributed by atoms with Crippen molar-refractivity contribution < 1.29 is 18.8 Å². The average molecular weight is 269 g/mol. The van der Waals surface area contributed by atoms with Gasteiger partial charge >= 0.3 is 6.03 Å². The number of nitrogens with zero attached hydrogens (tertiary/aromatic N) is 1. The number of urea groups is 1. The number of carbonyl (C=O) groups excluding carboxylic acids is 1. The number of ether oxygens (including phenoxy) is 1. The smallest absolute Gasteiger partial charge is 0.319 e. The van der Waals surface area contributed by atoms with Crippen molar-refractivity contribution in [2.75, 3.05) is 18.5 Å². The number of nitro groups is 1. The number of carbonyl (C=O) groups is 1. The predicted octanol–water partition coefficient (Wildman–Crippen LogP) is 1.64. The van der Waals surface area contributed by atoms with Gasteiger partial charge in [-0.1, -0.05) is 0 Å². The average Bonchev–Trinajstić information content (AvgIpc) is 2.80. The summed E-state index contributed by atoms with van der Waals surface area (Å²) in [5, 5.41) is 15.5. The van der Waals surface area contributed by atoms with E-state index in [4.69, 9.17) is 4.74 Å². The normalized spacial score (nSPS) is 18.1. The van der Waals surface area contributed by atoms with Crippen molar-refractivity contribution in [2.45, 2.75) is 12.5 Å². The molecule has 102 valence electrons. The molecule has 1 aliphatic heterocycles. The first-order chi connectivity index (χ1) is 9.04. The summed E-state index contributed by atoms with van der Waals surface area (Å²) in [7, 11) is 0. The molecule has 1 aromatic rings. The molecule has 19 heavy (non-hydrogen) atoms. The fourth-order valence-electron chi connectivity index (χ4n) is 1.75. The van der Waals surface area contributed by atoms with Crippen LogP contribution in [0.15, 0.2) is 18.2 Å². The van der Waals surface area contributed by atoms with Crippen LogP contribution in [0.1, 0.15) is 6.42 Å². The minimum atomic E-state index is -0.784. The van der Waals surface area contributed by atoms with Gasteiger partial charge in [-0.25, -0.2) is 9.18 Å². The van der Waals surface area contributed by atoms with Crippen molar-refractivity contribution in [1.29, 1.82) is 0 Å². The van der Waals surface area contributed by atoms with Crippen molar-refractivity contribution in [3.8, 4) is 0 Å². The minimum Gasteiger partial charge on any atom is -0.379 e. The number of rotatable bonds is 3. The van der Waals surface area contributed by atoms with Crippen LogP contribution in [0, 0.1) is 15.9 Å². The van der Waals surface area contributed by atoms with Gasteiger partial charge in [0.05, 0.1) is 29.3 Å². The van der Waals surface area contributed by atoms with Gasteiger partial charge in [-0.05, 0) is 12.5 Å². The van der Waals surface area contributed by atoms with Crippen LogP contribution in [-0.4, -0.2) is 30.2 Å². The number of nitro benzene ring substituents is 1. The van der Waals surface area contributed by atoms with Gasteiger partial charge in [0.2, 0.25) is 0 Å². The quantitative estimate of drug-likeness (QED) is 0.644. The monoisotopic (exact) mass is 269 g/mol. The topological polar surface area (TPSA) is 93.5 Å². The summed E-state index contributed by atoms with van der Waals surface area (Å²) in [6, 6.07) is 2.25. The van der Waals surface area contributed by atoms with Crippen LogP contribution in [0.25, 0.3) is 0 Å². The third-order valence-corrected chi connectivity index (χ3v) is 2.62. The fraction of sp³-hybridized carbons (Fsp3) is 0.364. The zero-order valence-electron chi connectivity index (χ0n) is 9.89. The third-order valence-electron chi connectivity index (χ3n) is 2.62. The Hall–Kier alpha value is -2.22. The lowest BCUT2D eigenvalue weighted by atomic mass is 10.2. The molecule has 2 N–H and O–H groups in total. The number of halogens is 1. The largest absolute Gasteiger partial charge is 0.379 e. The van der Waals surface area contributed by atoms with Crippen LogP contribution in [0.3, 0.4) is 0 Å². The zero-order valence-corrected chi connectivity index (χ0v) is 9.89. The molecular weight excluding hydrogens is 257 g/mol. The first-order valence-electron chi connectivity index (χ1n) is 5.65. The van der Waals surface area contributed by atoms with E-state index in [9.17, 15) is 19.3 Å². The minimum absolute atomic E-state index is 0.0307. The standard InChI is InChI=1S/C11H12FN3O4/c12-7-3-9(5-10(4-7)15(17)18)14-11(16)13-8-1-2-19-6-8/h3-5,8H,1-2,6H2,(H2,13,14,16). The summed E-state index contributed by atoms with van der Waals surface area (Å²) in [6.45, 7) is 1.01. The molecule has 0 aromatic heterocycles. The molecule has 1 atom stereocenters. The zero-order chi connectivity index (χ0) is 13.8. The van der Waals surface area contributed by atoms with Crippen LogP contribution in [-0.2, 0) is 4.74 Å². The Labute approximate surface area is 107 Å². The fourth-order valence-corrected chi connectivity index (χ4v) is 1.75. The summed E-state index contributed by atoms with van der Waals surface area (Å²) in [6.07, 6.45) is 0.705. The molecule has 1 aromatic carbocycles. The van der Waals surface area contributed by atoms with E-state index in [1.165, 1.54) is 0 Å². The number of nitrogens with one attached hydrogen (secondary N) is 2. The number of hydrogen-bond acceptors (Lipinski definition) is 4. The summed E-state index contributed by atoms with van der Waals surface area (Å²) in [5.41, 5.74) is -0.386. The van der Waals surface area contributed by atoms with Crippen LogP contribution in [0.5, 0.6) is 0 Å². The second-order valence-electron chi connectivity index (χ2n) is 4.11. The van der Waals surface area contributed by atoms with Crippen molar-refractivity contribution in [3.05, 3.63) is 34.1 Å². The number of non-ortho nitro benzene ring substituents is 1. The second kappa shape index (κ2) is 5.61. The summed E-state index contributed by atoms with van der Waals surface area (Å²) in [4.78, 5) is 21.4. The van der Waals surface area contributed by atoms with Gasteiger partial charge in [-0.15, -0.1) is 0 Å². The lowest BCUT2D eigenvalue weighted by Gasteiger charge is -2.11. The molecule has 7 nitrogen and oxygen atoms in total. The Bertz CT molecular complexity index is 503. The van der Waals surface area contributed by atoms with Crippen molar-refractivity contribution >= 4 is 17.4 Å². The van der Waals surface area contributed by atoms with E-state index in [2.05, 4.69) is 10.6 Å². The highest BCUT2D eigenvalue weighted by molar-refractivity contribution is 5.89. The Morgan fingerprint density at radius 3 is 2.89 bits per heavy atom. The number of hydrogen-bond donors (Lipinski definition) is 2. The Balaban J connectivity index is 2.01. The number of benzene rings is 1. The summed E-state index contributed by atoms with van der Waals surface area (Å²) < 4.78 is 18.2. The highest BCUT2D eigenvalue weighted by atomic mass is 19.1. The maximum absolute atomic E-state index is 13.1. The first-order valence-corrected chi connectivity index (χ1v) is 5.65. The molecule has 0 bridgehead atoms. The predicted molar refractivity (Wildman–Crippen MR) is 64.4 cm³/mol. The SMILES string of the molecule is O=C(Nc1cc(F)cc([N+](=O)[O-])c1)NC1CCOC1. The molecule has 1 saturated heterocycles. The van der Waals surface area contributed by atoms with Gasteiger partial charge < -0.3 is 15.4 Å². The maximum Gasteiger partial charge on any atom is 0.319 e. The first kappa shape index (κ1) is 13.2. The van der Waals surface area contributed by atoms with E-state index in [0.717, 1.165) is 18.2 Å². The molecule has 8 heteroatoms. The van der Waals surface area contributed by atoms with E-state index < -0.39 is 22.5 Å². The Morgan fingerprint density at radius 1 is 1.47 bits per heavy atom. The molecule has 2 amide bonds. The molecule has 0 saturated carbocycles. The van der Waals surface area contributed by atoms with Crippen molar-refractivity contribution in [1.82, 2.24) is 5.32 Å². The molecular formula is C11H12FN3O4. The molecule has 2 rings (SSSR count). The Morgan fingerprint density at radius 2 is 2.26 bits per heavy atom. The maximum atomic E-state index is 13.1. The van der Waals surface area contributed by atoms with Gasteiger partial charge in [0.15, 0.2) is 0 Å². The highest BCUT2D eigenvalue weighted by Gasteiger charge is 2.18. The van der Waals surface area contributed by atoms with Crippen molar-refractivity contribution in [2.24, 2.45) is 0 Å². The molecule has 1 fully saturated rings. The molecule has 0 spiro atoms. The molecule has 1 aliphatic rings. The molecule has 0 aliphatic carbocycles. The lowest BCUT2D eigenvalue weighted by Crippen LogP contribution is -2.38. The highest BCUT2D eigenvalue weighted by Crippen LogP contribution is 2.20. The summed E-state index contributed by atoms with van der Waals surface area (Å²) >= 11 is 0. The summed E-state index contributed by atoms with van der Waals surface area (Å²) in [5.74, 6) is -0.784. The van der Waals surface area contributed by atoms with E-state index in [1.54, 1.807) is 0 Å². The Kier molecular flexibility index (Phi) is 3.91. The van der Waals surface area contributed by atoms with Crippen LogP contribution >= 0.6 is 0 Å². The van der Waals surface area contributed by atoms with Gasteiger partial charge in [0.1, 0.15) is 5.82 Å². The van der Waals surface area contributed by atoms with Crippen LogP contribution < -0.4 is 10.6 Å². The third kappa shape index (κ3) is 3.62. The van der Waals surface area contributed by atoms with Crippen LogP contribution in [0.4, 0.5) is 20.6 Å². The number of anilines is 1. The van der Waals surface area contributed by atoms with Gasteiger partial charge in [0.25, 0.3) is 5.69 Å². The van der Waals surface area contributed by atoms with E-state index in [1.807, 2.05) is 0 Å². The van der Waals surface area contributed by atoms with E-state index in [-0.39, 0.29) is 11.7 Å². The van der Waals surface area contributed by atoms with Gasteiger partial charge in [-0.3, -0.25) is 10.1 Å². The van der Waals surface area contributed by atoms with E-state index in [0.29, 0.717) is 19.6 Å². The molecule has 1 unspecified atom stereocenters. The molecule has 1 heterocycles. The number of amides is 2. The van der Waals surface area contributed by atoms with Crippen molar-refractivity contribution in [3.63, 3.8) is 0 Å². The van der Waals surface area contributed by atoms with E-state index >= 15 is 0 Å².